The number of benzene rings is 18. The molecule has 0 aliphatic heterocycles. The lowest BCUT2D eigenvalue weighted by atomic mass is 9.95. The summed E-state index contributed by atoms with van der Waals surface area (Å²) in [5, 5.41) is 7.37. The summed E-state index contributed by atoms with van der Waals surface area (Å²) in [5.74, 6) is 2.96. The molecule has 10 heteroatoms. The van der Waals surface area contributed by atoms with E-state index in [1.165, 1.54) is 99.6 Å². The average Bonchev–Trinajstić information content (AvgIpc) is 1.54. The second-order valence-corrected chi connectivity index (χ2v) is 31.7. The zero-order chi connectivity index (χ0) is 83.1. The number of fused-ring (bicyclic) bond motifs is 14. The molecule has 9 nitrogen and oxygen atoms in total. The first-order chi connectivity index (χ1) is 61.9. The normalized spacial score (nSPS) is 11.4. The van der Waals surface area contributed by atoms with Gasteiger partial charge in [-0.25, -0.2) is 9.97 Å². The Labute approximate surface area is 735 Å². The van der Waals surface area contributed by atoms with E-state index in [0.29, 0.717) is 29.2 Å². The first-order valence-electron chi connectivity index (χ1n) is 42.1. The summed E-state index contributed by atoms with van der Waals surface area (Å²) in [6.07, 6.45) is 0.948. The number of hydrogen-bond acceptors (Lipinski definition) is 6. The molecule has 0 unspecified atom stereocenters. The molecule has 18 aromatic carbocycles. The molecule has 596 valence electrons. The minimum Gasteiger partial charge on any atom is -0.358 e. The van der Waals surface area contributed by atoms with Crippen molar-refractivity contribution in [2.24, 2.45) is 0 Å². The Morgan fingerprint density at radius 3 is 0.881 bits per heavy atom. The molecule has 5 heterocycles. The first-order valence-corrected chi connectivity index (χ1v) is 42.5. The molecule has 0 bridgehead atoms. The van der Waals surface area contributed by atoms with Gasteiger partial charge in [-0.15, -0.1) is 0 Å². The van der Waals surface area contributed by atoms with Crippen LogP contribution in [0.15, 0.2) is 449 Å². The molecular weight excluding hydrogens is 1550 g/mol. The molecule has 23 aromatic rings. The standard InChI is InChI=1S/C57H37N5.C43H29N.C15H10ClN3.CH3/c1-5-18-38(19-6-1)42-26-17-27-43(34-42)45-35-44(39-20-7-2-8-21-39)36-46(37-45)61-51-30-15-13-28-47(51)49-32-33-50-48-29-14-16-31-52(48)62(54(50)53(49)61)57-59-55(40-22-9-3-10-23-40)58-56(60-57)41-24-11-4-12-25-41;1-3-12-29(13-4-1)31-17-11-18-32(24-31)35-25-34(30-14-5-2-6-15-30)26-36(27-35)44-42-21-10-9-20-39(42)40-23-22-38-37-19-8-7-16-33(37)28-41(38)43(40)44;16-15-18-13(11-7-3-1-4-8-11)17-14(19-15)12-9-5-2-6-10-12;/h1-37H;1-27H,28H2;1-10H;1H3/q;;;-1. The maximum absolute atomic E-state index is 5.99. The van der Waals surface area contributed by atoms with Crippen molar-refractivity contribution in [3.05, 3.63) is 473 Å². The molecule has 0 fully saturated rings. The van der Waals surface area contributed by atoms with Crippen molar-refractivity contribution in [3.8, 4) is 141 Å². The van der Waals surface area contributed by atoms with Crippen LogP contribution in [0.5, 0.6) is 0 Å². The summed E-state index contributed by atoms with van der Waals surface area (Å²) in [6.45, 7) is 0. The highest BCUT2D eigenvalue weighted by atomic mass is 35.5. The number of halogens is 1. The Hall–Kier alpha value is -16.3. The van der Waals surface area contributed by atoms with Crippen LogP contribution >= 0.6 is 11.6 Å². The van der Waals surface area contributed by atoms with E-state index < -0.39 is 0 Å². The van der Waals surface area contributed by atoms with Crippen LogP contribution in [0.3, 0.4) is 0 Å². The molecule has 0 radical (unpaired) electrons. The first kappa shape index (κ1) is 77.0. The molecule has 126 heavy (non-hydrogen) atoms. The lowest BCUT2D eigenvalue weighted by Gasteiger charge is -2.16. The maximum Gasteiger partial charge on any atom is 0.238 e. The van der Waals surface area contributed by atoms with Gasteiger partial charge < -0.3 is 16.6 Å². The van der Waals surface area contributed by atoms with E-state index in [9.17, 15) is 0 Å². The van der Waals surface area contributed by atoms with Crippen molar-refractivity contribution in [3.63, 3.8) is 0 Å². The minimum atomic E-state index is 0. The number of para-hydroxylation sites is 3. The number of rotatable bonds is 13. The predicted molar refractivity (Wildman–Crippen MR) is 523 cm³/mol. The van der Waals surface area contributed by atoms with Crippen LogP contribution in [-0.2, 0) is 6.42 Å². The second kappa shape index (κ2) is 33.6. The fourth-order valence-electron chi connectivity index (χ4n) is 18.0. The van der Waals surface area contributed by atoms with Crippen molar-refractivity contribution in [1.29, 1.82) is 0 Å². The molecule has 0 amide bonds. The van der Waals surface area contributed by atoms with Crippen LogP contribution in [0.1, 0.15) is 11.1 Å². The van der Waals surface area contributed by atoms with E-state index in [2.05, 4.69) is 381 Å². The lowest BCUT2D eigenvalue weighted by molar-refractivity contribution is 0.953. The summed E-state index contributed by atoms with van der Waals surface area (Å²) in [4.78, 5) is 28.5. The number of nitrogens with zero attached hydrogens (tertiary/aromatic N) is 9. The summed E-state index contributed by atoms with van der Waals surface area (Å²) in [7, 11) is 0. The Balaban J connectivity index is 0.000000131. The molecule has 0 N–H and O–H groups in total. The van der Waals surface area contributed by atoms with E-state index in [1.807, 2.05) is 97.1 Å². The van der Waals surface area contributed by atoms with Crippen molar-refractivity contribution in [2.45, 2.75) is 6.42 Å². The molecule has 0 saturated heterocycles. The molecular formula is C116H79ClN9-. The fraction of sp³-hybridized carbons (Fsp3) is 0.00862. The van der Waals surface area contributed by atoms with E-state index in [1.54, 1.807) is 0 Å². The molecule has 1 aliphatic carbocycles. The van der Waals surface area contributed by atoms with E-state index in [-0.39, 0.29) is 12.7 Å². The number of hydrogen-bond donors (Lipinski definition) is 0. The SMILES string of the molecule is Clc1nc(-c2ccccc2)nc(-c2ccccc2)n1.[CH3-].c1ccc(-c2cccc(-c3cc(-c4ccccc4)cc(-n4c5ccccc5c5ccc6c(c54)Cc4ccccc4-6)c3)c2)cc1.c1ccc(-c2cccc(-c3cc(-c4ccccc4)cc(-n4c5ccccc5c5ccc6c7ccccc7n(-c7nc(-c8ccccc8)nc(-c8ccccc8)n7)c6c54)c3)c2)cc1. The van der Waals surface area contributed by atoms with Crippen LogP contribution in [0, 0.1) is 7.43 Å². The van der Waals surface area contributed by atoms with Gasteiger partial charge in [0.25, 0.3) is 0 Å². The third-order valence-corrected chi connectivity index (χ3v) is 24.0. The van der Waals surface area contributed by atoms with Gasteiger partial charge in [0.15, 0.2) is 23.3 Å². The number of aromatic nitrogens is 9. The third-order valence-electron chi connectivity index (χ3n) is 23.8. The van der Waals surface area contributed by atoms with E-state index in [4.69, 9.17) is 26.6 Å². The maximum atomic E-state index is 5.99. The molecule has 1 aliphatic rings. The highest BCUT2D eigenvalue weighted by Gasteiger charge is 2.28. The topological polar surface area (TPSA) is 92.1 Å². The molecule has 24 rings (SSSR count). The minimum absolute atomic E-state index is 0. The molecule has 0 spiro atoms. The predicted octanol–water partition coefficient (Wildman–Crippen LogP) is 30.1. The third kappa shape index (κ3) is 14.6. The van der Waals surface area contributed by atoms with Gasteiger partial charge in [-0.2, -0.15) is 19.9 Å². The van der Waals surface area contributed by atoms with Crippen molar-refractivity contribution >= 4 is 77.0 Å². The van der Waals surface area contributed by atoms with Gasteiger partial charge >= 0.3 is 0 Å². The fourth-order valence-corrected chi connectivity index (χ4v) is 18.2. The lowest BCUT2D eigenvalue weighted by Crippen LogP contribution is -2.07. The van der Waals surface area contributed by atoms with Crippen LogP contribution in [0.2, 0.25) is 5.28 Å². The van der Waals surface area contributed by atoms with E-state index in [0.717, 1.165) is 94.8 Å². The van der Waals surface area contributed by atoms with E-state index >= 15 is 0 Å². The Morgan fingerprint density at radius 2 is 0.476 bits per heavy atom. The van der Waals surface area contributed by atoms with Crippen molar-refractivity contribution < 1.29 is 0 Å². The van der Waals surface area contributed by atoms with Gasteiger partial charge in [-0.1, -0.05) is 382 Å². The molecule has 5 aromatic heterocycles. The average molecular weight is 1630 g/mol. The largest absolute Gasteiger partial charge is 0.358 e. The van der Waals surface area contributed by atoms with Gasteiger partial charge in [0.1, 0.15) is 0 Å². The monoisotopic (exact) mass is 1630 g/mol. The summed E-state index contributed by atoms with van der Waals surface area (Å²) in [5.41, 5.74) is 32.5. The van der Waals surface area contributed by atoms with Crippen LogP contribution in [-0.4, -0.2) is 43.6 Å². The van der Waals surface area contributed by atoms with Gasteiger partial charge in [0.2, 0.25) is 11.2 Å². The van der Waals surface area contributed by atoms with Gasteiger partial charge in [-0.05, 0) is 167 Å². The zero-order valence-corrected chi connectivity index (χ0v) is 69.6. The van der Waals surface area contributed by atoms with Crippen molar-refractivity contribution in [2.75, 3.05) is 0 Å². The highest BCUT2D eigenvalue weighted by molar-refractivity contribution is 6.28. The van der Waals surface area contributed by atoms with Gasteiger partial charge in [-0.3, -0.25) is 4.57 Å². The smallest absolute Gasteiger partial charge is 0.238 e. The van der Waals surface area contributed by atoms with Crippen LogP contribution < -0.4 is 0 Å². The van der Waals surface area contributed by atoms with Gasteiger partial charge in [0.05, 0.1) is 33.1 Å². The van der Waals surface area contributed by atoms with Crippen LogP contribution in [0.4, 0.5) is 0 Å². The quantitative estimate of drug-likeness (QED) is 0.107. The van der Waals surface area contributed by atoms with Gasteiger partial charge in [0, 0.05) is 72.4 Å². The summed E-state index contributed by atoms with van der Waals surface area (Å²) in [6, 6.07) is 159. The second-order valence-electron chi connectivity index (χ2n) is 31.4. The Kier molecular flexibility index (Phi) is 20.5. The summed E-state index contributed by atoms with van der Waals surface area (Å²) < 4.78 is 7.23. The Morgan fingerprint density at radius 1 is 0.198 bits per heavy atom. The molecule has 0 atom stereocenters. The van der Waals surface area contributed by atoms with Crippen LogP contribution in [0.25, 0.3) is 206 Å². The zero-order valence-electron chi connectivity index (χ0n) is 68.8. The highest BCUT2D eigenvalue weighted by Crippen LogP contribution is 2.48. The Bertz CT molecular complexity index is 7860. The van der Waals surface area contributed by atoms with Crippen molar-refractivity contribution in [1.82, 2.24) is 43.6 Å². The molecule has 0 saturated carbocycles. The summed E-state index contributed by atoms with van der Waals surface area (Å²) >= 11 is 5.99.